The molecule has 6 heteroatoms. The zero-order chi connectivity index (χ0) is 14.2. The van der Waals surface area contributed by atoms with Crippen LogP contribution >= 0.6 is 0 Å². The highest BCUT2D eigenvalue weighted by molar-refractivity contribution is 5.99. The number of carbonyl (C=O) groups is 2. The summed E-state index contributed by atoms with van der Waals surface area (Å²) in [6.45, 7) is 4.57. The normalized spacial score (nSPS) is 18.6. The van der Waals surface area contributed by atoms with E-state index in [4.69, 9.17) is 5.73 Å². The first kappa shape index (κ1) is 13.3. The third kappa shape index (κ3) is 2.25. The van der Waals surface area contributed by atoms with E-state index in [1.807, 2.05) is 0 Å². The standard InChI is InChI=1S/C13H18N4O2/c1-13(2)12(19)16(3)6-7-17(13)11(18)9-4-5-10(14)15-8-9/h4-5,8H,6-7H2,1-3H3,(H2,14,15). The number of aromatic nitrogens is 1. The Hall–Kier alpha value is -2.11. The Morgan fingerprint density at radius 3 is 2.63 bits per heavy atom. The summed E-state index contributed by atoms with van der Waals surface area (Å²) >= 11 is 0. The van der Waals surface area contributed by atoms with Gasteiger partial charge in [0.15, 0.2) is 0 Å². The van der Waals surface area contributed by atoms with E-state index in [0.717, 1.165) is 0 Å². The molecule has 0 spiro atoms. The predicted molar refractivity (Wildman–Crippen MR) is 71.4 cm³/mol. The molecule has 0 bridgehead atoms. The first-order valence-corrected chi connectivity index (χ1v) is 6.13. The van der Waals surface area contributed by atoms with Crippen LogP contribution in [0.25, 0.3) is 0 Å². The van der Waals surface area contributed by atoms with Crippen molar-refractivity contribution in [2.75, 3.05) is 25.9 Å². The molecule has 19 heavy (non-hydrogen) atoms. The number of nitrogen functional groups attached to an aromatic ring is 1. The molecule has 6 nitrogen and oxygen atoms in total. The minimum Gasteiger partial charge on any atom is -0.384 e. The topological polar surface area (TPSA) is 79.5 Å². The molecule has 2 rings (SSSR count). The van der Waals surface area contributed by atoms with Crippen molar-refractivity contribution in [2.45, 2.75) is 19.4 Å². The Bertz CT molecular complexity index is 510. The Morgan fingerprint density at radius 2 is 2.05 bits per heavy atom. The van der Waals surface area contributed by atoms with Crippen LogP contribution in [0.4, 0.5) is 5.82 Å². The van der Waals surface area contributed by atoms with Crippen LogP contribution in [0.3, 0.4) is 0 Å². The summed E-state index contributed by atoms with van der Waals surface area (Å²) in [6, 6.07) is 3.21. The molecule has 1 aliphatic heterocycles. The molecule has 0 aliphatic carbocycles. The van der Waals surface area contributed by atoms with E-state index in [1.54, 1.807) is 42.8 Å². The third-order valence-electron chi connectivity index (χ3n) is 3.48. The second kappa shape index (κ2) is 4.53. The number of likely N-dealkylation sites (N-methyl/N-ethyl adjacent to an activating group) is 1. The fourth-order valence-electron chi connectivity index (χ4n) is 2.26. The minimum atomic E-state index is -0.842. The Kier molecular flexibility index (Phi) is 3.18. The molecule has 102 valence electrons. The molecule has 1 fully saturated rings. The number of amides is 2. The Morgan fingerprint density at radius 1 is 1.37 bits per heavy atom. The quantitative estimate of drug-likeness (QED) is 0.792. The van der Waals surface area contributed by atoms with Crippen LogP contribution in [0.2, 0.25) is 0 Å². The van der Waals surface area contributed by atoms with Crippen molar-refractivity contribution < 1.29 is 9.59 Å². The average Bonchev–Trinajstić information content (AvgIpc) is 2.36. The highest BCUT2D eigenvalue weighted by Gasteiger charge is 2.43. The van der Waals surface area contributed by atoms with Crippen molar-refractivity contribution in [3.63, 3.8) is 0 Å². The van der Waals surface area contributed by atoms with Crippen molar-refractivity contribution in [3.05, 3.63) is 23.9 Å². The predicted octanol–water partition coefficient (Wildman–Crippen LogP) is 0.357. The number of nitrogens with two attached hydrogens (primary N) is 1. The third-order valence-corrected chi connectivity index (χ3v) is 3.48. The maximum Gasteiger partial charge on any atom is 0.256 e. The van der Waals surface area contributed by atoms with Gasteiger partial charge < -0.3 is 15.5 Å². The highest BCUT2D eigenvalue weighted by atomic mass is 16.2. The van der Waals surface area contributed by atoms with Gasteiger partial charge in [0, 0.05) is 26.3 Å². The van der Waals surface area contributed by atoms with Crippen LogP contribution in [0.1, 0.15) is 24.2 Å². The average molecular weight is 262 g/mol. The molecule has 0 radical (unpaired) electrons. The van der Waals surface area contributed by atoms with Gasteiger partial charge in [0.2, 0.25) is 5.91 Å². The number of carbonyl (C=O) groups excluding carboxylic acids is 2. The van der Waals surface area contributed by atoms with Crippen LogP contribution in [0.15, 0.2) is 18.3 Å². The highest BCUT2D eigenvalue weighted by Crippen LogP contribution is 2.23. The Balaban J connectivity index is 2.28. The molecule has 1 aromatic rings. The van der Waals surface area contributed by atoms with Crippen molar-refractivity contribution in [3.8, 4) is 0 Å². The number of anilines is 1. The molecular formula is C13H18N4O2. The number of piperazine rings is 1. The van der Waals surface area contributed by atoms with Gasteiger partial charge in [-0.15, -0.1) is 0 Å². The van der Waals surface area contributed by atoms with Gasteiger partial charge in [0.25, 0.3) is 5.91 Å². The molecule has 2 amide bonds. The molecule has 1 aromatic heterocycles. The summed E-state index contributed by atoms with van der Waals surface area (Å²) in [5.41, 5.74) is 5.10. The number of nitrogens with zero attached hydrogens (tertiary/aromatic N) is 3. The molecular weight excluding hydrogens is 244 g/mol. The Labute approximate surface area is 112 Å². The zero-order valence-electron chi connectivity index (χ0n) is 11.4. The van der Waals surface area contributed by atoms with Crippen molar-refractivity contribution in [1.29, 1.82) is 0 Å². The summed E-state index contributed by atoms with van der Waals surface area (Å²) in [4.78, 5) is 31.7. The van der Waals surface area contributed by atoms with Gasteiger partial charge in [-0.3, -0.25) is 9.59 Å². The van der Waals surface area contributed by atoms with Crippen LogP contribution in [0.5, 0.6) is 0 Å². The second-order valence-corrected chi connectivity index (χ2v) is 5.21. The minimum absolute atomic E-state index is 0.0597. The second-order valence-electron chi connectivity index (χ2n) is 5.21. The lowest BCUT2D eigenvalue weighted by molar-refractivity contribution is -0.144. The van der Waals surface area contributed by atoms with Crippen molar-refractivity contribution in [1.82, 2.24) is 14.8 Å². The molecule has 0 unspecified atom stereocenters. The van der Waals surface area contributed by atoms with Crippen LogP contribution in [0, 0.1) is 0 Å². The molecule has 0 atom stereocenters. The number of hydrogen-bond donors (Lipinski definition) is 1. The van der Waals surface area contributed by atoms with Gasteiger partial charge in [-0.2, -0.15) is 0 Å². The van der Waals surface area contributed by atoms with E-state index in [-0.39, 0.29) is 11.8 Å². The molecule has 1 saturated heterocycles. The van der Waals surface area contributed by atoms with Gasteiger partial charge in [0.1, 0.15) is 11.4 Å². The van der Waals surface area contributed by atoms with E-state index in [2.05, 4.69) is 4.98 Å². The van der Waals surface area contributed by atoms with Gasteiger partial charge in [-0.25, -0.2) is 4.98 Å². The first-order chi connectivity index (χ1) is 8.84. The zero-order valence-corrected chi connectivity index (χ0v) is 11.4. The lowest BCUT2D eigenvalue weighted by Crippen LogP contribution is -2.63. The van der Waals surface area contributed by atoms with Crippen molar-refractivity contribution >= 4 is 17.6 Å². The molecule has 2 N–H and O–H groups in total. The van der Waals surface area contributed by atoms with Crippen LogP contribution in [-0.4, -0.2) is 52.3 Å². The van der Waals surface area contributed by atoms with E-state index in [9.17, 15) is 9.59 Å². The molecule has 1 aliphatic rings. The summed E-state index contributed by atoms with van der Waals surface area (Å²) in [5, 5.41) is 0. The van der Waals surface area contributed by atoms with Gasteiger partial charge in [0.05, 0.1) is 5.56 Å². The van der Waals surface area contributed by atoms with Crippen LogP contribution in [-0.2, 0) is 4.79 Å². The lowest BCUT2D eigenvalue weighted by Gasteiger charge is -2.44. The maximum atomic E-state index is 12.5. The first-order valence-electron chi connectivity index (χ1n) is 6.13. The van der Waals surface area contributed by atoms with Gasteiger partial charge in [-0.05, 0) is 26.0 Å². The maximum absolute atomic E-state index is 12.5. The van der Waals surface area contributed by atoms with Crippen molar-refractivity contribution in [2.24, 2.45) is 0 Å². The monoisotopic (exact) mass is 262 g/mol. The smallest absolute Gasteiger partial charge is 0.256 e. The van der Waals surface area contributed by atoms with Crippen LogP contribution < -0.4 is 5.73 Å². The summed E-state index contributed by atoms with van der Waals surface area (Å²) < 4.78 is 0. The molecule has 0 aromatic carbocycles. The number of hydrogen-bond acceptors (Lipinski definition) is 4. The van der Waals surface area contributed by atoms with E-state index >= 15 is 0 Å². The molecule has 0 saturated carbocycles. The summed E-state index contributed by atoms with van der Waals surface area (Å²) in [7, 11) is 1.75. The number of rotatable bonds is 1. The SMILES string of the molecule is CN1CCN(C(=O)c2ccc(N)nc2)C(C)(C)C1=O. The van der Waals surface area contributed by atoms with Gasteiger partial charge >= 0.3 is 0 Å². The van der Waals surface area contributed by atoms with E-state index in [1.165, 1.54) is 6.20 Å². The number of pyridine rings is 1. The fourth-order valence-corrected chi connectivity index (χ4v) is 2.26. The van der Waals surface area contributed by atoms with E-state index < -0.39 is 5.54 Å². The van der Waals surface area contributed by atoms with E-state index in [0.29, 0.717) is 24.5 Å². The molecule has 2 heterocycles. The fraction of sp³-hybridized carbons (Fsp3) is 0.462. The largest absolute Gasteiger partial charge is 0.384 e. The summed E-state index contributed by atoms with van der Waals surface area (Å²) in [6.07, 6.45) is 1.44. The summed E-state index contributed by atoms with van der Waals surface area (Å²) in [5.74, 6) is 0.111. The van der Waals surface area contributed by atoms with Gasteiger partial charge in [-0.1, -0.05) is 0 Å². The lowest BCUT2D eigenvalue weighted by atomic mass is 9.97.